The SMILES string of the molecule is CC(Oc1cccc(C(C)C)c1)C(=O)Nc1ccccc1C(N)=O. The number of ether oxygens (including phenoxy) is 1. The summed E-state index contributed by atoms with van der Waals surface area (Å²) in [6, 6.07) is 14.3. The number of para-hydroxylation sites is 1. The molecule has 5 nitrogen and oxygen atoms in total. The van der Waals surface area contributed by atoms with Crippen LogP contribution in [0.5, 0.6) is 5.75 Å². The summed E-state index contributed by atoms with van der Waals surface area (Å²) in [5.41, 5.74) is 7.09. The van der Waals surface area contributed by atoms with E-state index in [0.29, 0.717) is 17.4 Å². The lowest BCUT2D eigenvalue weighted by atomic mass is 10.0. The molecular formula is C19H22N2O3. The molecule has 0 aliphatic carbocycles. The van der Waals surface area contributed by atoms with Crippen LogP contribution in [-0.4, -0.2) is 17.9 Å². The maximum Gasteiger partial charge on any atom is 0.265 e. The second-order valence-electron chi connectivity index (χ2n) is 5.89. The van der Waals surface area contributed by atoms with Crippen molar-refractivity contribution >= 4 is 17.5 Å². The molecule has 0 spiro atoms. The number of hydrogen-bond acceptors (Lipinski definition) is 3. The lowest BCUT2D eigenvalue weighted by Crippen LogP contribution is -2.31. The minimum atomic E-state index is -0.714. The monoisotopic (exact) mass is 326 g/mol. The first-order chi connectivity index (χ1) is 11.4. The van der Waals surface area contributed by atoms with Crippen LogP contribution >= 0.6 is 0 Å². The smallest absolute Gasteiger partial charge is 0.265 e. The second-order valence-corrected chi connectivity index (χ2v) is 5.89. The molecule has 0 heterocycles. The summed E-state index contributed by atoms with van der Waals surface area (Å²) in [5.74, 6) is 0.0647. The first-order valence-corrected chi connectivity index (χ1v) is 7.84. The summed E-state index contributed by atoms with van der Waals surface area (Å²) in [6.45, 7) is 5.84. The van der Waals surface area contributed by atoms with Crippen molar-refractivity contribution in [2.75, 3.05) is 5.32 Å². The molecule has 0 aliphatic heterocycles. The van der Waals surface area contributed by atoms with Crippen molar-refractivity contribution in [3.05, 3.63) is 59.7 Å². The van der Waals surface area contributed by atoms with Gasteiger partial charge in [0.1, 0.15) is 5.75 Å². The third kappa shape index (κ3) is 4.35. The minimum absolute atomic E-state index is 0.264. The summed E-state index contributed by atoms with van der Waals surface area (Å²) in [7, 11) is 0. The van der Waals surface area contributed by atoms with E-state index in [2.05, 4.69) is 19.2 Å². The number of nitrogens with one attached hydrogen (secondary N) is 1. The summed E-state index contributed by atoms with van der Waals surface area (Å²) in [4.78, 5) is 23.7. The van der Waals surface area contributed by atoms with Crippen LogP contribution in [0.4, 0.5) is 5.69 Å². The lowest BCUT2D eigenvalue weighted by molar-refractivity contribution is -0.122. The van der Waals surface area contributed by atoms with Crippen molar-refractivity contribution in [1.29, 1.82) is 0 Å². The van der Waals surface area contributed by atoms with Crippen molar-refractivity contribution in [1.82, 2.24) is 0 Å². The van der Waals surface area contributed by atoms with Crippen molar-refractivity contribution in [2.24, 2.45) is 5.73 Å². The predicted octanol–water partition coefficient (Wildman–Crippen LogP) is 3.31. The molecule has 1 unspecified atom stereocenters. The third-order valence-electron chi connectivity index (χ3n) is 3.66. The Kier molecular flexibility index (Phi) is 5.58. The summed E-state index contributed by atoms with van der Waals surface area (Å²) < 4.78 is 5.71. The number of hydrogen-bond donors (Lipinski definition) is 2. The Morgan fingerprint density at radius 3 is 2.42 bits per heavy atom. The van der Waals surface area contributed by atoms with Crippen molar-refractivity contribution in [2.45, 2.75) is 32.8 Å². The molecule has 2 rings (SSSR count). The normalized spacial score (nSPS) is 11.8. The van der Waals surface area contributed by atoms with E-state index in [-0.39, 0.29) is 11.5 Å². The molecule has 0 saturated heterocycles. The highest BCUT2D eigenvalue weighted by Gasteiger charge is 2.17. The number of rotatable bonds is 6. The van der Waals surface area contributed by atoms with E-state index >= 15 is 0 Å². The van der Waals surface area contributed by atoms with Crippen molar-refractivity contribution < 1.29 is 14.3 Å². The van der Waals surface area contributed by atoms with Gasteiger partial charge < -0.3 is 15.8 Å². The van der Waals surface area contributed by atoms with E-state index in [0.717, 1.165) is 5.56 Å². The van der Waals surface area contributed by atoms with Gasteiger partial charge in [-0.3, -0.25) is 9.59 Å². The molecule has 0 radical (unpaired) electrons. The van der Waals surface area contributed by atoms with E-state index in [1.54, 1.807) is 31.2 Å². The molecule has 0 aromatic heterocycles. The first kappa shape index (κ1) is 17.5. The molecule has 0 bridgehead atoms. The van der Waals surface area contributed by atoms with Gasteiger partial charge >= 0.3 is 0 Å². The molecule has 3 N–H and O–H groups in total. The van der Waals surface area contributed by atoms with Gasteiger partial charge in [-0.25, -0.2) is 0 Å². The Morgan fingerprint density at radius 2 is 1.75 bits per heavy atom. The van der Waals surface area contributed by atoms with E-state index in [4.69, 9.17) is 10.5 Å². The minimum Gasteiger partial charge on any atom is -0.481 e. The van der Waals surface area contributed by atoms with Crippen LogP contribution < -0.4 is 15.8 Å². The average Bonchev–Trinajstić information content (AvgIpc) is 2.55. The van der Waals surface area contributed by atoms with E-state index in [1.807, 2.05) is 24.3 Å². The number of carbonyl (C=O) groups is 2. The fraction of sp³-hybridized carbons (Fsp3) is 0.263. The summed E-state index contributed by atoms with van der Waals surface area (Å²) in [6.07, 6.45) is -0.714. The predicted molar refractivity (Wildman–Crippen MR) is 94.2 cm³/mol. The zero-order valence-electron chi connectivity index (χ0n) is 14.1. The summed E-state index contributed by atoms with van der Waals surface area (Å²) >= 11 is 0. The van der Waals surface area contributed by atoms with Crippen molar-refractivity contribution in [3.8, 4) is 5.75 Å². The van der Waals surface area contributed by atoms with Crippen LogP contribution in [0.1, 0.15) is 42.6 Å². The molecule has 0 fully saturated rings. The van der Waals surface area contributed by atoms with Gasteiger partial charge in [0.15, 0.2) is 6.10 Å². The number of carbonyl (C=O) groups excluding carboxylic acids is 2. The fourth-order valence-corrected chi connectivity index (χ4v) is 2.25. The molecule has 2 aromatic carbocycles. The van der Waals surface area contributed by atoms with Gasteiger partial charge in [0, 0.05) is 0 Å². The molecular weight excluding hydrogens is 304 g/mol. The average molecular weight is 326 g/mol. The van der Waals surface area contributed by atoms with Gasteiger partial charge in [-0.05, 0) is 42.7 Å². The molecule has 2 amide bonds. The van der Waals surface area contributed by atoms with Crippen LogP contribution in [0.25, 0.3) is 0 Å². The highest BCUT2D eigenvalue weighted by Crippen LogP contribution is 2.21. The highest BCUT2D eigenvalue weighted by atomic mass is 16.5. The molecule has 5 heteroatoms. The topological polar surface area (TPSA) is 81.4 Å². The van der Waals surface area contributed by atoms with Crippen LogP contribution in [0, 0.1) is 0 Å². The molecule has 0 aliphatic rings. The Balaban J connectivity index is 2.08. The molecule has 126 valence electrons. The number of amides is 2. The maximum absolute atomic E-state index is 12.3. The zero-order chi connectivity index (χ0) is 17.7. The number of anilines is 1. The highest BCUT2D eigenvalue weighted by molar-refractivity contribution is 6.03. The summed E-state index contributed by atoms with van der Waals surface area (Å²) in [5, 5.41) is 2.68. The Hall–Kier alpha value is -2.82. The van der Waals surface area contributed by atoms with Crippen LogP contribution in [0.15, 0.2) is 48.5 Å². The van der Waals surface area contributed by atoms with Crippen LogP contribution in [0.2, 0.25) is 0 Å². The maximum atomic E-state index is 12.3. The van der Waals surface area contributed by atoms with E-state index in [9.17, 15) is 9.59 Å². The van der Waals surface area contributed by atoms with Crippen LogP contribution in [-0.2, 0) is 4.79 Å². The van der Waals surface area contributed by atoms with Gasteiger partial charge in [-0.15, -0.1) is 0 Å². The first-order valence-electron chi connectivity index (χ1n) is 7.84. The number of benzene rings is 2. The Labute approximate surface area is 141 Å². The van der Waals surface area contributed by atoms with Gasteiger partial charge in [0.25, 0.3) is 11.8 Å². The van der Waals surface area contributed by atoms with Gasteiger partial charge in [-0.2, -0.15) is 0 Å². The van der Waals surface area contributed by atoms with E-state index in [1.165, 1.54) is 0 Å². The Morgan fingerprint density at radius 1 is 1.04 bits per heavy atom. The zero-order valence-corrected chi connectivity index (χ0v) is 14.1. The largest absolute Gasteiger partial charge is 0.481 e. The van der Waals surface area contributed by atoms with Crippen molar-refractivity contribution in [3.63, 3.8) is 0 Å². The van der Waals surface area contributed by atoms with Gasteiger partial charge in [0.2, 0.25) is 0 Å². The quantitative estimate of drug-likeness (QED) is 0.854. The molecule has 0 saturated carbocycles. The molecule has 2 aromatic rings. The third-order valence-corrected chi connectivity index (χ3v) is 3.66. The van der Waals surface area contributed by atoms with Crippen LogP contribution in [0.3, 0.4) is 0 Å². The standard InChI is InChI=1S/C19H22N2O3/c1-12(2)14-7-6-8-15(11-14)24-13(3)19(23)21-17-10-5-4-9-16(17)18(20)22/h4-13H,1-3H3,(H2,20,22)(H,21,23). The van der Waals surface area contributed by atoms with Gasteiger partial charge in [0.05, 0.1) is 11.3 Å². The number of nitrogens with two attached hydrogens (primary N) is 1. The van der Waals surface area contributed by atoms with E-state index < -0.39 is 12.0 Å². The Bertz CT molecular complexity index is 741. The van der Waals surface area contributed by atoms with Gasteiger partial charge in [-0.1, -0.05) is 38.1 Å². The molecule has 24 heavy (non-hydrogen) atoms. The lowest BCUT2D eigenvalue weighted by Gasteiger charge is -2.17. The number of primary amides is 1. The fourth-order valence-electron chi connectivity index (χ4n) is 2.25. The molecule has 1 atom stereocenters. The second kappa shape index (κ2) is 7.64.